The van der Waals surface area contributed by atoms with E-state index in [0.29, 0.717) is 6.42 Å². The van der Waals surface area contributed by atoms with Gasteiger partial charge < -0.3 is 20.6 Å². The first-order valence-corrected chi connectivity index (χ1v) is 8.04. The molecule has 0 heterocycles. The van der Waals surface area contributed by atoms with E-state index in [0.717, 1.165) is 16.9 Å². The summed E-state index contributed by atoms with van der Waals surface area (Å²) >= 11 is 0. The van der Waals surface area contributed by atoms with Crippen LogP contribution in [0.15, 0.2) is 54.6 Å². The van der Waals surface area contributed by atoms with E-state index in [1.807, 2.05) is 80.5 Å². The number of aliphatic hydroxyl groups excluding tert-OH is 1. The first kappa shape index (κ1) is 17.8. The van der Waals surface area contributed by atoms with Crippen molar-refractivity contribution < 1.29 is 9.90 Å². The Kier molecular flexibility index (Phi) is 6.21. The first-order chi connectivity index (χ1) is 11.5. The maximum Gasteiger partial charge on any atom is 0.319 e. The number of carbonyl (C=O) groups is 1. The van der Waals surface area contributed by atoms with Crippen LogP contribution in [0.5, 0.6) is 0 Å². The van der Waals surface area contributed by atoms with E-state index >= 15 is 0 Å². The number of urea groups is 1. The lowest BCUT2D eigenvalue weighted by atomic mass is 10.0. The highest BCUT2D eigenvalue weighted by molar-refractivity contribution is 5.93. The Morgan fingerprint density at radius 2 is 1.71 bits per heavy atom. The Morgan fingerprint density at radius 3 is 2.38 bits per heavy atom. The number of anilines is 2. The third-order valence-electron chi connectivity index (χ3n) is 3.77. The molecule has 0 aromatic heterocycles. The summed E-state index contributed by atoms with van der Waals surface area (Å²) in [5.41, 5.74) is 2.53. The largest absolute Gasteiger partial charge is 0.388 e. The van der Waals surface area contributed by atoms with Crippen LogP contribution in [-0.2, 0) is 0 Å². The second-order valence-electron chi connectivity index (χ2n) is 6.07. The van der Waals surface area contributed by atoms with Gasteiger partial charge in [-0.1, -0.05) is 42.5 Å². The second-order valence-corrected chi connectivity index (χ2v) is 6.07. The van der Waals surface area contributed by atoms with Gasteiger partial charge in [0.1, 0.15) is 0 Å². The van der Waals surface area contributed by atoms with Gasteiger partial charge in [-0.2, -0.15) is 0 Å². The van der Waals surface area contributed by atoms with E-state index in [1.165, 1.54) is 0 Å². The van der Waals surface area contributed by atoms with Crippen molar-refractivity contribution in [3.8, 4) is 0 Å². The van der Waals surface area contributed by atoms with Crippen molar-refractivity contribution in [2.75, 3.05) is 24.3 Å². The zero-order chi connectivity index (χ0) is 17.5. The van der Waals surface area contributed by atoms with Gasteiger partial charge in [-0.3, -0.25) is 0 Å². The molecule has 2 amide bonds. The number of hydrogen-bond acceptors (Lipinski definition) is 3. The van der Waals surface area contributed by atoms with Crippen LogP contribution in [0.4, 0.5) is 16.2 Å². The van der Waals surface area contributed by atoms with Crippen LogP contribution < -0.4 is 15.5 Å². The average molecular weight is 327 g/mol. The highest BCUT2D eigenvalue weighted by Crippen LogP contribution is 2.23. The summed E-state index contributed by atoms with van der Waals surface area (Å²) in [5.74, 6) is 0. The molecule has 3 N–H and O–H groups in total. The maximum atomic E-state index is 12.2. The number of nitrogens with one attached hydrogen (secondary N) is 2. The van der Waals surface area contributed by atoms with Crippen molar-refractivity contribution >= 4 is 17.4 Å². The van der Waals surface area contributed by atoms with Crippen LogP contribution in [0.1, 0.15) is 25.0 Å². The lowest BCUT2D eigenvalue weighted by molar-refractivity contribution is 0.155. The predicted molar refractivity (Wildman–Crippen MR) is 98.4 cm³/mol. The summed E-state index contributed by atoms with van der Waals surface area (Å²) in [6.45, 7) is 1.88. The van der Waals surface area contributed by atoms with E-state index in [9.17, 15) is 9.90 Å². The van der Waals surface area contributed by atoms with Gasteiger partial charge in [0.15, 0.2) is 0 Å². The fraction of sp³-hybridized carbons (Fsp3) is 0.316. The summed E-state index contributed by atoms with van der Waals surface area (Å²) in [7, 11) is 3.86. The molecule has 2 atom stereocenters. The predicted octanol–water partition coefficient (Wildman–Crippen LogP) is 3.39. The van der Waals surface area contributed by atoms with Crippen molar-refractivity contribution in [3.05, 3.63) is 60.2 Å². The molecular weight excluding hydrogens is 302 g/mol. The maximum absolute atomic E-state index is 12.2. The molecule has 5 nitrogen and oxygen atoms in total. The fourth-order valence-corrected chi connectivity index (χ4v) is 2.56. The second kappa shape index (κ2) is 8.36. The average Bonchev–Trinajstić information content (AvgIpc) is 2.55. The summed E-state index contributed by atoms with van der Waals surface area (Å²) < 4.78 is 0. The number of nitrogens with zero attached hydrogens (tertiary/aromatic N) is 1. The van der Waals surface area contributed by atoms with E-state index in [2.05, 4.69) is 10.6 Å². The van der Waals surface area contributed by atoms with Crippen molar-refractivity contribution in [1.29, 1.82) is 0 Å². The molecule has 2 aromatic rings. The molecule has 24 heavy (non-hydrogen) atoms. The summed E-state index contributed by atoms with van der Waals surface area (Å²) in [6.07, 6.45) is -0.150. The van der Waals surface area contributed by atoms with Gasteiger partial charge in [0, 0.05) is 20.1 Å². The van der Waals surface area contributed by atoms with Crippen LogP contribution in [0.2, 0.25) is 0 Å². The van der Waals surface area contributed by atoms with Gasteiger partial charge in [-0.25, -0.2) is 4.79 Å². The lowest BCUT2D eigenvalue weighted by Gasteiger charge is -2.21. The number of hydrogen-bond donors (Lipinski definition) is 3. The normalized spacial score (nSPS) is 13.0. The number of para-hydroxylation sites is 2. The number of carbonyl (C=O) groups excluding carboxylic acids is 1. The Hall–Kier alpha value is -2.53. The smallest absolute Gasteiger partial charge is 0.319 e. The Labute approximate surface area is 143 Å². The summed E-state index contributed by atoms with van der Waals surface area (Å²) in [6, 6.07) is 16.6. The van der Waals surface area contributed by atoms with E-state index < -0.39 is 6.10 Å². The van der Waals surface area contributed by atoms with Crippen LogP contribution in [0.3, 0.4) is 0 Å². The van der Waals surface area contributed by atoms with E-state index in [-0.39, 0.29) is 12.1 Å². The molecule has 2 unspecified atom stereocenters. The SMILES string of the molecule is CC(CC(O)c1ccccc1)NC(=O)Nc1ccccc1N(C)C. The molecule has 0 bridgehead atoms. The van der Waals surface area contributed by atoms with E-state index in [1.54, 1.807) is 0 Å². The zero-order valence-electron chi connectivity index (χ0n) is 14.4. The third kappa shape index (κ3) is 4.99. The topological polar surface area (TPSA) is 64.6 Å². The monoisotopic (exact) mass is 327 g/mol. The van der Waals surface area contributed by atoms with E-state index in [4.69, 9.17) is 0 Å². The van der Waals surface area contributed by atoms with Gasteiger partial charge in [-0.15, -0.1) is 0 Å². The lowest BCUT2D eigenvalue weighted by Crippen LogP contribution is -2.37. The molecule has 5 heteroatoms. The van der Waals surface area contributed by atoms with Gasteiger partial charge in [0.25, 0.3) is 0 Å². The molecular formula is C19H25N3O2. The highest BCUT2D eigenvalue weighted by Gasteiger charge is 2.15. The minimum atomic E-state index is -0.601. The van der Waals surface area contributed by atoms with Gasteiger partial charge >= 0.3 is 6.03 Å². The van der Waals surface area contributed by atoms with Crippen molar-refractivity contribution in [2.24, 2.45) is 0 Å². The molecule has 0 saturated carbocycles. The van der Waals surface area contributed by atoms with Gasteiger partial charge in [0.05, 0.1) is 17.5 Å². The first-order valence-electron chi connectivity index (χ1n) is 8.04. The Morgan fingerprint density at radius 1 is 1.08 bits per heavy atom. The molecule has 0 fully saturated rings. The molecule has 0 saturated heterocycles. The summed E-state index contributed by atoms with van der Waals surface area (Å²) in [5, 5.41) is 16.0. The van der Waals surface area contributed by atoms with Gasteiger partial charge in [0.2, 0.25) is 0 Å². The van der Waals surface area contributed by atoms with Crippen LogP contribution in [0, 0.1) is 0 Å². The van der Waals surface area contributed by atoms with Crippen molar-refractivity contribution in [1.82, 2.24) is 5.32 Å². The molecule has 2 aromatic carbocycles. The van der Waals surface area contributed by atoms with Crippen molar-refractivity contribution in [2.45, 2.75) is 25.5 Å². The molecule has 0 spiro atoms. The molecule has 0 aliphatic rings. The quantitative estimate of drug-likeness (QED) is 0.762. The molecule has 2 rings (SSSR count). The Bertz CT molecular complexity index is 659. The number of rotatable bonds is 6. The fourth-order valence-electron chi connectivity index (χ4n) is 2.56. The molecule has 0 radical (unpaired) electrons. The van der Waals surface area contributed by atoms with Gasteiger partial charge in [-0.05, 0) is 31.0 Å². The molecule has 0 aliphatic heterocycles. The summed E-state index contributed by atoms with van der Waals surface area (Å²) in [4.78, 5) is 14.1. The number of benzene rings is 2. The molecule has 128 valence electrons. The highest BCUT2D eigenvalue weighted by atomic mass is 16.3. The zero-order valence-corrected chi connectivity index (χ0v) is 14.4. The number of amides is 2. The minimum Gasteiger partial charge on any atom is -0.388 e. The standard InChI is InChI=1S/C19H25N3O2/c1-14(13-18(23)15-9-5-4-6-10-15)20-19(24)21-16-11-7-8-12-17(16)22(2)3/h4-12,14,18,23H,13H2,1-3H3,(H2,20,21,24). The minimum absolute atomic E-state index is 0.160. The van der Waals surface area contributed by atoms with Crippen LogP contribution in [-0.4, -0.2) is 31.3 Å². The third-order valence-corrected chi connectivity index (χ3v) is 3.77. The Balaban J connectivity index is 1.90. The molecule has 0 aliphatic carbocycles. The van der Waals surface area contributed by atoms with Crippen LogP contribution >= 0.6 is 0 Å². The van der Waals surface area contributed by atoms with Crippen molar-refractivity contribution in [3.63, 3.8) is 0 Å². The number of aliphatic hydroxyl groups is 1. The van der Waals surface area contributed by atoms with Crippen LogP contribution in [0.25, 0.3) is 0 Å².